The number of urea groups is 1. The molecule has 7 nitrogen and oxygen atoms in total. The number of aryl methyl sites for hydroxylation is 1. The van der Waals surface area contributed by atoms with E-state index in [-0.39, 0.29) is 13.0 Å². The molecule has 0 unspecified atom stereocenters. The van der Waals surface area contributed by atoms with Gasteiger partial charge in [-0.2, -0.15) is 0 Å². The molecular weight excluding hydrogens is 264 g/mol. The molecule has 3 amide bonds. The minimum Gasteiger partial charge on any atom is -0.481 e. The quantitative estimate of drug-likeness (QED) is 0.756. The SMILES string of the molecule is Cc1ccc(CNC(=O)NC(=O)CC(C)(C)C(=O)O)o1. The molecule has 0 spiro atoms. The first-order valence-corrected chi connectivity index (χ1v) is 6.07. The summed E-state index contributed by atoms with van der Waals surface area (Å²) in [5.41, 5.74) is -1.22. The molecule has 0 saturated heterocycles. The summed E-state index contributed by atoms with van der Waals surface area (Å²) in [6, 6.07) is 2.78. The first-order valence-electron chi connectivity index (χ1n) is 6.07. The fraction of sp³-hybridized carbons (Fsp3) is 0.462. The van der Waals surface area contributed by atoms with Gasteiger partial charge in [0.05, 0.1) is 12.0 Å². The van der Waals surface area contributed by atoms with Gasteiger partial charge >= 0.3 is 12.0 Å². The fourth-order valence-electron chi connectivity index (χ4n) is 1.44. The largest absolute Gasteiger partial charge is 0.481 e. The number of furan rings is 1. The molecule has 0 aliphatic heterocycles. The molecule has 0 aromatic carbocycles. The van der Waals surface area contributed by atoms with E-state index in [2.05, 4.69) is 10.6 Å². The highest BCUT2D eigenvalue weighted by Gasteiger charge is 2.30. The molecule has 1 aromatic rings. The van der Waals surface area contributed by atoms with Crippen LogP contribution in [0.2, 0.25) is 0 Å². The topological polar surface area (TPSA) is 109 Å². The van der Waals surface area contributed by atoms with Crippen LogP contribution < -0.4 is 10.6 Å². The van der Waals surface area contributed by atoms with Crippen molar-refractivity contribution in [1.82, 2.24) is 10.6 Å². The second-order valence-corrected chi connectivity index (χ2v) is 5.11. The number of hydrogen-bond donors (Lipinski definition) is 3. The number of hydrogen-bond acceptors (Lipinski definition) is 4. The van der Waals surface area contributed by atoms with Crippen LogP contribution >= 0.6 is 0 Å². The Bertz CT molecular complexity index is 519. The minimum absolute atomic E-state index is 0.148. The first kappa shape index (κ1) is 15.7. The number of rotatable bonds is 5. The Morgan fingerprint density at radius 3 is 2.45 bits per heavy atom. The lowest BCUT2D eigenvalue weighted by Gasteiger charge is -2.17. The van der Waals surface area contributed by atoms with E-state index in [4.69, 9.17) is 9.52 Å². The number of imide groups is 1. The molecule has 20 heavy (non-hydrogen) atoms. The standard InChI is InChI=1S/C13H18N2O5/c1-8-4-5-9(20-8)7-14-12(19)15-10(16)6-13(2,3)11(17)18/h4-5H,6-7H2,1-3H3,(H,17,18)(H2,14,15,16,19). The van der Waals surface area contributed by atoms with Crippen LogP contribution in [-0.2, 0) is 16.1 Å². The minimum atomic E-state index is -1.22. The third-order valence-corrected chi connectivity index (χ3v) is 2.65. The first-order chi connectivity index (χ1) is 9.20. The van der Waals surface area contributed by atoms with E-state index in [0.717, 1.165) is 5.76 Å². The number of carboxylic acid groups (broad SMARTS) is 1. The molecule has 0 radical (unpaired) electrons. The van der Waals surface area contributed by atoms with Crippen LogP contribution in [0.5, 0.6) is 0 Å². The Morgan fingerprint density at radius 1 is 1.30 bits per heavy atom. The normalized spacial score (nSPS) is 10.9. The lowest BCUT2D eigenvalue weighted by molar-refractivity contribution is -0.149. The molecule has 0 fully saturated rings. The van der Waals surface area contributed by atoms with Crippen molar-refractivity contribution in [1.29, 1.82) is 0 Å². The number of carboxylic acids is 1. The van der Waals surface area contributed by atoms with Gasteiger partial charge in [0, 0.05) is 6.42 Å². The summed E-state index contributed by atoms with van der Waals surface area (Å²) in [7, 11) is 0. The molecule has 1 aromatic heterocycles. The smallest absolute Gasteiger partial charge is 0.321 e. The van der Waals surface area contributed by atoms with Crippen LogP contribution in [0.25, 0.3) is 0 Å². The number of carbonyl (C=O) groups is 3. The summed E-state index contributed by atoms with van der Waals surface area (Å²) in [5.74, 6) is -0.456. The van der Waals surface area contributed by atoms with Crippen molar-refractivity contribution < 1.29 is 23.9 Å². The third-order valence-electron chi connectivity index (χ3n) is 2.65. The Kier molecular flexibility index (Phi) is 4.90. The maximum atomic E-state index is 11.5. The van der Waals surface area contributed by atoms with E-state index in [0.29, 0.717) is 5.76 Å². The molecule has 3 N–H and O–H groups in total. The molecule has 0 bridgehead atoms. The molecule has 1 heterocycles. The van der Waals surface area contributed by atoms with Gasteiger partial charge in [-0.3, -0.25) is 14.9 Å². The third kappa shape index (κ3) is 4.75. The molecule has 110 valence electrons. The van der Waals surface area contributed by atoms with E-state index < -0.39 is 23.3 Å². The van der Waals surface area contributed by atoms with Crippen molar-refractivity contribution in [2.24, 2.45) is 5.41 Å². The average molecular weight is 282 g/mol. The lowest BCUT2D eigenvalue weighted by Crippen LogP contribution is -2.41. The summed E-state index contributed by atoms with van der Waals surface area (Å²) in [4.78, 5) is 33.8. The maximum absolute atomic E-state index is 11.5. The molecule has 1 rings (SSSR count). The second kappa shape index (κ2) is 6.23. The van der Waals surface area contributed by atoms with Crippen molar-refractivity contribution >= 4 is 17.9 Å². The van der Waals surface area contributed by atoms with E-state index in [1.54, 1.807) is 19.1 Å². The Hall–Kier alpha value is -2.31. The van der Waals surface area contributed by atoms with Gasteiger partial charge in [0.2, 0.25) is 5.91 Å². The van der Waals surface area contributed by atoms with E-state index in [1.807, 2.05) is 0 Å². The zero-order valence-electron chi connectivity index (χ0n) is 11.6. The van der Waals surface area contributed by atoms with E-state index >= 15 is 0 Å². The van der Waals surface area contributed by atoms with Crippen molar-refractivity contribution in [2.45, 2.75) is 33.7 Å². The summed E-state index contributed by atoms with van der Waals surface area (Å²) in [6.45, 7) is 4.76. The molecule has 0 saturated carbocycles. The fourth-order valence-corrected chi connectivity index (χ4v) is 1.44. The molecule has 0 aliphatic carbocycles. The van der Waals surface area contributed by atoms with Gasteiger partial charge in [-0.15, -0.1) is 0 Å². The highest BCUT2D eigenvalue weighted by atomic mass is 16.4. The predicted octanol–water partition coefficient (Wildman–Crippen LogP) is 1.41. The number of amides is 3. The van der Waals surface area contributed by atoms with Gasteiger partial charge in [-0.1, -0.05) is 0 Å². The summed E-state index contributed by atoms with van der Waals surface area (Å²) in [6.07, 6.45) is -0.282. The van der Waals surface area contributed by atoms with Gasteiger partial charge in [0.15, 0.2) is 0 Å². The second-order valence-electron chi connectivity index (χ2n) is 5.11. The van der Waals surface area contributed by atoms with Crippen molar-refractivity contribution in [3.8, 4) is 0 Å². The lowest BCUT2D eigenvalue weighted by atomic mass is 9.89. The van der Waals surface area contributed by atoms with Crippen molar-refractivity contribution in [3.63, 3.8) is 0 Å². The maximum Gasteiger partial charge on any atom is 0.321 e. The molecule has 7 heteroatoms. The van der Waals surface area contributed by atoms with Crippen LogP contribution in [0.3, 0.4) is 0 Å². The van der Waals surface area contributed by atoms with Crippen LogP contribution in [-0.4, -0.2) is 23.0 Å². The molecular formula is C13H18N2O5. The van der Waals surface area contributed by atoms with Gasteiger partial charge in [0.25, 0.3) is 0 Å². The van der Waals surface area contributed by atoms with Crippen LogP contribution in [0, 0.1) is 12.3 Å². The Morgan fingerprint density at radius 2 is 1.95 bits per heavy atom. The van der Waals surface area contributed by atoms with Crippen LogP contribution in [0.4, 0.5) is 4.79 Å². The van der Waals surface area contributed by atoms with Crippen molar-refractivity contribution in [2.75, 3.05) is 0 Å². The Labute approximate surface area is 116 Å². The van der Waals surface area contributed by atoms with Gasteiger partial charge in [-0.25, -0.2) is 4.79 Å². The molecule has 0 aliphatic rings. The number of aliphatic carboxylic acids is 1. The van der Waals surface area contributed by atoms with Gasteiger partial charge in [-0.05, 0) is 32.9 Å². The predicted molar refractivity (Wildman–Crippen MR) is 69.9 cm³/mol. The van der Waals surface area contributed by atoms with E-state index in [9.17, 15) is 14.4 Å². The highest BCUT2D eigenvalue weighted by molar-refractivity contribution is 5.96. The number of nitrogens with one attached hydrogen (secondary N) is 2. The summed E-state index contributed by atoms with van der Waals surface area (Å²) in [5, 5.41) is 13.4. The highest BCUT2D eigenvalue weighted by Crippen LogP contribution is 2.19. The summed E-state index contributed by atoms with van der Waals surface area (Å²) < 4.78 is 5.25. The average Bonchev–Trinajstić information content (AvgIpc) is 2.71. The van der Waals surface area contributed by atoms with Crippen LogP contribution in [0.1, 0.15) is 31.8 Å². The summed E-state index contributed by atoms with van der Waals surface area (Å²) >= 11 is 0. The molecule has 0 atom stereocenters. The Balaban J connectivity index is 2.39. The van der Waals surface area contributed by atoms with Crippen molar-refractivity contribution in [3.05, 3.63) is 23.7 Å². The van der Waals surface area contributed by atoms with Gasteiger partial charge in [0.1, 0.15) is 11.5 Å². The van der Waals surface area contributed by atoms with E-state index in [1.165, 1.54) is 13.8 Å². The zero-order valence-corrected chi connectivity index (χ0v) is 11.6. The van der Waals surface area contributed by atoms with Gasteiger partial charge < -0.3 is 14.8 Å². The zero-order chi connectivity index (χ0) is 15.3. The van der Waals surface area contributed by atoms with Crippen LogP contribution in [0.15, 0.2) is 16.5 Å². The number of carbonyl (C=O) groups excluding carboxylic acids is 2. The monoisotopic (exact) mass is 282 g/mol.